The molecule has 0 saturated carbocycles. The number of methoxy groups -OCH3 is 2. The van der Waals surface area contributed by atoms with Crippen molar-refractivity contribution in [3.05, 3.63) is 45.1 Å². The van der Waals surface area contributed by atoms with Gasteiger partial charge in [-0.1, -0.05) is 23.7 Å². The second-order valence-electron chi connectivity index (χ2n) is 3.63. The van der Waals surface area contributed by atoms with Crippen LogP contribution in [0, 0.1) is 0 Å². The summed E-state index contributed by atoms with van der Waals surface area (Å²) in [6, 6.07) is 8.97. The summed E-state index contributed by atoms with van der Waals surface area (Å²) < 4.78 is 11.2. The van der Waals surface area contributed by atoms with Gasteiger partial charge in [-0.05, 0) is 18.2 Å². The average Bonchev–Trinajstić information content (AvgIpc) is 2.83. The zero-order valence-electron chi connectivity index (χ0n) is 10.0. The lowest BCUT2D eigenvalue weighted by atomic mass is 10.1. The molecular weight excluding hydrogens is 272 g/mol. The number of aliphatic hydroxyl groups excluding tert-OH is 1. The molecular formula is C13H13ClO3S. The van der Waals surface area contributed by atoms with Gasteiger partial charge in [0.2, 0.25) is 0 Å². The van der Waals surface area contributed by atoms with Gasteiger partial charge in [-0.25, -0.2) is 0 Å². The lowest BCUT2D eigenvalue weighted by Gasteiger charge is -2.16. The van der Waals surface area contributed by atoms with Crippen LogP contribution >= 0.6 is 22.9 Å². The monoisotopic (exact) mass is 284 g/mol. The summed E-state index contributed by atoms with van der Waals surface area (Å²) in [5.74, 6) is 1.13. The van der Waals surface area contributed by atoms with Gasteiger partial charge in [-0.15, -0.1) is 11.3 Å². The Hall–Kier alpha value is -1.23. The van der Waals surface area contributed by atoms with E-state index in [1.165, 1.54) is 11.3 Å². The minimum absolute atomic E-state index is 0.539. The quantitative estimate of drug-likeness (QED) is 0.934. The number of para-hydroxylation sites is 1. The predicted octanol–water partition coefficient (Wildman–Crippen LogP) is 3.50. The lowest BCUT2D eigenvalue weighted by Crippen LogP contribution is -2.02. The number of halogens is 1. The number of benzene rings is 1. The van der Waals surface area contributed by atoms with Gasteiger partial charge in [0.1, 0.15) is 6.10 Å². The van der Waals surface area contributed by atoms with Gasteiger partial charge in [0, 0.05) is 10.4 Å². The van der Waals surface area contributed by atoms with Crippen molar-refractivity contribution in [2.45, 2.75) is 6.10 Å². The molecule has 0 aliphatic rings. The molecule has 1 heterocycles. The predicted molar refractivity (Wildman–Crippen MR) is 72.9 cm³/mol. The summed E-state index contributed by atoms with van der Waals surface area (Å²) in [7, 11) is 3.12. The van der Waals surface area contributed by atoms with Crippen LogP contribution in [0.25, 0.3) is 0 Å². The van der Waals surface area contributed by atoms with Gasteiger partial charge in [0.05, 0.1) is 18.6 Å². The van der Waals surface area contributed by atoms with Gasteiger partial charge < -0.3 is 14.6 Å². The van der Waals surface area contributed by atoms with Crippen LogP contribution in [0.3, 0.4) is 0 Å². The fourth-order valence-corrected chi connectivity index (χ4v) is 2.82. The number of hydrogen-bond acceptors (Lipinski definition) is 4. The van der Waals surface area contributed by atoms with E-state index in [-0.39, 0.29) is 0 Å². The molecule has 0 amide bonds. The molecule has 18 heavy (non-hydrogen) atoms. The van der Waals surface area contributed by atoms with Crippen molar-refractivity contribution in [3.8, 4) is 11.5 Å². The zero-order valence-corrected chi connectivity index (χ0v) is 11.6. The molecule has 1 aromatic heterocycles. The maximum atomic E-state index is 10.4. The summed E-state index contributed by atoms with van der Waals surface area (Å²) in [6.45, 7) is 0. The number of hydrogen-bond donors (Lipinski definition) is 1. The van der Waals surface area contributed by atoms with Crippen LogP contribution in [0.2, 0.25) is 4.34 Å². The minimum atomic E-state index is -0.771. The normalized spacial score (nSPS) is 12.2. The molecule has 0 bridgehead atoms. The van der Waals surface area contributed by atoms with E-state index in [1.54, 1.807) is 38.5 Å². The molecule has 0 saturated heterocycles. The van der Waals surface area contributed by atoms with Crippen LogP contribution in [-0.4, -0.2) is 19.3 Å². The topological polar surface area (TPSA) is 38.7 Å². The number of rotatable bonds is 4. The molecule has 2 aromatic rings. The fourth-order valence-electron chi connectivity index (χ4n) is 1.76. The highest BCUT2D eigenvalue weighted by Crippen LogP contribution is 2.39. The highest BCUT2D eigenvalue weighted by Gasteiger charge is 2.19. The second kappa shape index (κ2) is 5.61. The van der Waals surface area contributed by atoms with Crippen LogP contribution < -0.4 is 9.47 Å². The van der Waals surface area contributed by atoms with Crippen molar-refractivity contribution in [1.82, 2.24) is 0 Å². The summed E-state index contributed by atoms with van der Waals surface area (Å²) in [5.41, 5.74) is 0.662. The Balaban J connectivity index is 2.44. The van der Waals surface area contributed by atoms with Crippen molar-refractivity contribution in [1.29, 1.82) is 0 Å². The van der Waals surface area contributed by atoms with Crippen LogP contribution in [0.4, 0.5) is 0 Å². The standard InChI is InChI=1S/C13H13ClO3S/c1-16-9-5-3-4-8(13(9)17-2)12(15)10-6-7-11(14)18-10/h3-7,12,15H,1-2H3. The highest BCUT2D eigenvalue weighted by molar-refractivity contribution is 7.16. The van der Waals surface area contributed by atoms with Crippen LogP contribution in [0.15, 0.2) is 30.3 Å². The molecule has 5 heteroatoms. The highest BCUT2D eigenvalue weighted by atomic mass is 35.5. The van der Waals surface area contributed by atoms with Gasteiger partial charge >= 0.3 is 0 Å². The Labute approximate surface area is 115 Å². The van der Waals surface area contributed by atoms with Crippen LogP contribution in [0.1, 0.15) is 16.5 Å². The molecule has 0 aliphatic carbocycles. The van der Waals surface area contributed by atoms with Crippen molar-refractivity contribution < 1.29 is 14.6 Å². The third-order valence-corrected chi connectivity index (χ3v) is 3.88. The number of aliphatic hydroxyl groups is 1. The summed E-state index contributed by atoms with van der Waals surface area (Å²) in [5, 5.41) is 10.4. The van der Waals surface area contributed by atoms with Crippen LogP contribution in [0.5, 0.6) is 11.5 Å². The maximum absolute atomic E-state index is 10.4. The van der Waals surface area contributed by atoms with E-state index in [9.17, 15) is 5.11 Å². The first-order valence-electron chi connectivity index (χ1n) is 5.31. The average molecular weight is 285 g/mol. The minimum Gasteiger partial charge on any atom is -0.493 e. The maximum Gasteiger partial charge on any atom is 0.166 e. The van der Waals surface area contributed by atoms with Crippen molar-refractivity contribution in [2.24, 2.45) is 0 Å². The first-order chi connectivity index (χ1) is 8.67. The summed E-state index contributed by atoms with van der Waals surface area (Å²) >= 11 is 7.22. The Morgan fingerprint density at radius 3 is 2.50 bits per heavy atom. The largest absolute Gasteiger partial charge is 0.493 e. The molecule has 1 N–H and O–H groups in total. The van der Waals surface area contributed by atoms with Gasteiger partial charge in [0.25, 0.3) is 0 Å². The first-order valence-corrected chi connectivity index (χ1v) is 6.51. The SMILES string of the molecule is COc1cccc(C(O)c2ccc(Cl)s2)c1OC. The molecule has 0 fully saturated rings. The van der Waals surface area contributed by atoms with E-state index in [1.807, 2.05) is 6.07 Å². The van der Waals surface area contributed by atoms with E-state index >= 15 is 0 Å². The first kappa shape index (κ1) is 13.2. The van der Waals surface area contributed by atoms with E-state index < -0.39 is 6.10 Å². The van der Waals surface area contributed by atoms with Crippen molar-refractivity contribution in [3.63, 3.8) is 0 Å². The van der Waals surface area contributed by atoms with Crippen LogP contribution in [-0.2, 0) is 0 Å². The lowest BCUT2D eigenvalue weighted by molar-refractivity contribution is 0.216. The van der Waals surface area contributed by atoms with E-state index in [0.29, 0.717) is 21.4 Å². The molecule has 1 unspecified atom stereocenters. The Bertz CT molecular complexity index is 539. The Morgan fingerprint density at radius 2 is 1.94 bits per heavy atom. The van der Waals surface area contributed by atoms with Gasteiger partial charge in [-0.2, -0.15) is 0 Å². The van der Waals surface area contributed by atoms with E-state index in [0.717, 1.165) is 4.88 Å². The molecule has 1 aromatic carbocycles. The number of thiophene rings is 1. The molecule has 0 aliphatic heterocycles. The van der Waals surface area contributed by atoms with Gasteiger partial charge in [0.15, 0.2) is 11.5 Å². The van der Waals surface area contributed by atoms with E-state index in [2.05, 4.69) is 0 Å². The van der Waals surface area contributed by atoms with Gasteiger partial charge in [-0.3, -0.25) is 0 Å². The van der Waals surface area contributed by atoms with E-state index in [4.69, 9.17) is 21.1 Å². The molecule has 0 spiro atoms. The Kier molecular flexibility index (Phi) is 4.11. The van der Waals surface area contributed by atoms with Crippen molar-refractivity contribution >= 4 is 22.9 Å². The smallest absolute Gasteiger partial charge is 0.166 e. The molecule has 3 nitrogen and oxygen atoms in total. The second-order valence-corrected chi connectivity index (χ2v) is 5.37. The molecule has 1 atom stereocenters. The summed E-state index contributed by atoms with van der Waals surface area (Å²) in [4.78, 5) is 0.770. The number of ether oxygens (including phenoxy) is 2. The molecule has 0 radical (unpaired) electrons. The fraction of sp³-hybridized carbons (Fsp3) is 0.231. The third kappa shape index (κ3) is 2.46. The Morgan fingerprint density at radius 1 is 1.17 bits per heavy atom. The third-order valence-electron chi connectivity index (χ3n) is 2.59. The summed E-state index contributed by atoms with van der Waals surface area (Å²) in [6.07, 6.45) is -0.771. The molecule has 2 rings (SSSR count). The van der Waals surface area contributed by atoms with Crippen molar-refractivity contribution in [2.75, 3.05) is 14.2 Å². The molecule has 96 valence electrons. The zero-order chi connectivity index (χ0) is 13.1.